The normalized spacial score (nSPS) is 14.1. The van der Waals surface area contributed by atoms with Gasteiger partial charge in [-0.2, -0.15) is 5.26 Å². The van der Waals surface area contributed by atoms with Crippen LogP contribution in [0.2, 0.25) is 0 Å². The molecule has 0 atom stereocenters. The fraction of sp³-hybridized carbons (Fsp3) is 0.421. The lowest BCUT2D eigenvalue weighted by molar-refractivity contribution is 0.332. The number of nitriles is 1. The summed E-state index contributed by atoms with van der Waals surface area (Å²) >= 11 is 0. The first-order chi connectivity index (χ1) is 10.3. The molecule has 0 aliphatic heterocycles. The highest BCUT2D eigenvalue weighted by Gasteiger charge is 2.14. The molecule has 0 aromatic heterocycles. The second-order valence-electron chi connectivity index (χ2n) is 5.49. The Labute approximate surface area is 128 Å². The molecule has 0 amide bonds. The molecule has 21 heavy (non-hydrogen) atoms. The Morgan fingerprint density at radius 1 is 1.05 bits per heavy atom. The molecule has 2 heteroatoms. The van der Waals surface area contributed by atoms with Crippen LogP contribution in [0.15, 0.2) is 42.1 Å². The second-order valence-corrected chi connectivity index (χ2v) is 5.49. The minimum Gasteiger partial charge on any atom is -0.375 e. The number of hydrogen-bond acceptors (Lipinski definition) is 2. The predicted octanol–water partition coefficient (Wildman–Crippen LogP) is 4.74. The van der Waals surface area contributed by atoms with Gasteiger partial charge in [0.2, 0.25) is 0 Å². The van der Waals surface area contributed by atoms with Crippen molar-refractivity contribution in [1.82, 2.24) is 4.90 Å². The van der Waals surface area contributed by atoms with Crippen molar-refractivity contribution in [2.24, 2.45) is 0 Å². The van der Waals surface area contributed by atoms with Gasteiger partial charge in [0.15, 0.2) is 0 Å². The second kappa shape index (κ2) is 7.69. The first-order valence-electron chi connectivity index (χ1n) is 7.94. The van der Waals surface area contributed by atoms with Crippen molar-refractivity contribution in [3.8, 4) is 6.07 Å². The predicted molar refractivity (Wildman–Crippen MR) is 88.6 cm³/mol. The van der Waals surface area contributed by atoms with Crippen LogP contribution in [-0.2, 0) is 0 Å². The van der Waals surface area contributed by atoms with E-state index in [-0.39, 0.29) is 0 Å². The van der Waals surface area contributed by atoms with Gasteiger partial charge < -0.3 is 4.90 Å². The van der Waals surface area contributed by atoms with Gasteiger partial charge in [0.1, 0.15) is 0 Å². The number of benzene rings is 1. The van der Waals surface area contributed by atoms with Crippen LogP contribution >= 0.6 is 0 Å². The molecular formula is C19H24N2. The van der Waals surface area contributed by atoms with E-state index in [1.807, 2.05) is 18.2 Å². The highest BCUT2D eigenvalue weighted by molar-refractivity contribution is 5.72. The number of hydrogen-bond donors (Lipinski definition) is 0. The Morgan fingerprint density at radius 3 is 2.33 bits per heavy atom. The third-order valence-electron chi connectivity index (χ3n) is 3.91. The summed E-state index contributed by atoms with van der Waals surface area (Å²) in [5.74, 6) is 0. The summed E-state index contributed by atoms with van der Waals surface area (Å²) in [7, 11) is 0. The van der Waals surface area contributed by atoms with Crippen molar-refractivity contribution < 1.29 is 0 Å². The van der Waals surface area contributed by atoms with Gasteiger partial charge in [-0.25, -0.2) is 0 Å². The van der Waals surface area contributed by atoms with Crippen molar-refractivity contribution in [2.75, 3.05) is 13.1 Å². The number of allylic oxidation sites excluding steroid dienone is 4. The average Bonchev–Trinajstić information content (AvgIpc) is 2.55. The van der Waals surface area contributed by atoms with Crippen molar-refractivity contribution in [1.29, 1.82) is 5.26 Å². The summed E-state index contributed by atoms with van der Waals surface area (Å²) in [6.07, 6.45) is 8.92. The average molecular weight is 280 g/mol. The summed E-state index contributed by atoms with van der Waals surface area (Å²) in [4.78, 5) is 2.50. The Morgan fingerprint density at radius 2 is 1.76 bits per heavy atom. The van der Waals surface area contributed by atoms with Crippen molar-refractivity contribution >= 4 is 5.57 Å². The van der Waals surface area contributed by atoms with Crippen LogP contribution in [0, 0.1) is 11.3 Å². The molecule has 0 bridgehead atoms. The zero-order valence-electron chi connectivity index (χ0n) is 13.1. The summed E-state index contributed by atoms with van der Waals surface area (Å²) < 4.78 is 0. The zero-order valence-corrected chi connectivity index (χ0v) is 13.1. The van der Waals surface area contributed by atoms with Gasteiger partial charge in [-0.05, 0) is 49.0 Å². The largest absolute Gasteiger partial charge is 0.375 e. The molecule has 1 aliphatic rings. The summed E-state index contributed by atoms with van der Waals surface area (Å²) in [6.45, 7) is 6.74. The van der Waals surface area contributed by atoms with E-state index in [1.54, 1.807) is 0 Å². The molecule has 0 N–H and O–H groups in total. The van der Waals surface area contributed by atoms with Crippen LogP contribution in [0.25, 0.3) is 5.57 Å². The molecular weight excluding hydrogens is 256 g/mol. The minimum absolute atomic E-state index is 0.777. The first-order valence-corrected chi connectivity index (χ1v) is 7.94. The van der Waals surface area contributed by atoms with E-state index in [0.29, 0.717) is 0 Å². The maximum atomic E-state index is 9.23. The lowest BCUT2D eigenvalue weighted by Crippen LogP contribution is -2.25. The molecule has 2 nitrogen and oxygen atoms in total. The standard InChI is InChI=1S/C19H24N2/c1-3-13-21(14-4-2)18-11-9-16(10-12-18)19-8-6-5-7-17(19)15-20/h5-9,11H,3-4,10,12-14H2,1-2H3. The highest BCUT2D eigenvalue weighted by Crippen LogP contribution is 2.30. The van der Waals surface area contributed by atoms with Crippen LogP contribution < -0.4 is 0 Å². The van der Waals surface area contributed by atoms with Gasteiger partial charge in [-0.3, -0.25) is 0 Å². The lowest BCUT2D eigenvalue weighted by Gasteiger charge is -2.29. The molecule has 0 unspecified atom stereocenters. The maximum Gasteiger partial charge on any atom is 0.0998 e. The molecule has 0 saturated heterocycles. The molecule has 1 aromatic rings. The summed E-state index contributed by atoms with van der Waals surface area (Å²) in [5, 5.41) is 9.23. The number of nitrogens with zero attached hydrogens (tertiary/aromatic N) is 2. The molecule has 0 saturated carbocycles. The first kappa shape index (κ1) is 15.4. The third-order valence-corrected chi connectivity index (χ3v) is 3.91. The lowest BCUT2D eigenvalue weighted by atomic mass is 9.92. The Kier molecular flexibility index (Phi) is 5.63. The van der Waals surface area contributed by atoms with Gasteiger partial charge in [0, 0.05) is 18.8 Å². The zero-order chi connectivity index (χ0) is 15.1. The molecule has 2 rings (SSSR count). The van der Waals surface area contributed by atoms with Gasteiger partial charge in [-0.15, -0.1) is 0 Å². The van der Waals surface area contributed by atoms with Crippen molar-refractivity contribution in [2.45, 2.75) is 39.5 Å². The molecule has 110 valence electrons. The topological polar surface area (TPSA) is 27.0 Å². The van der Waals surface area contributed by atoms with E-state index in [2.05, 4.69) is 43.0 Å². The Hall–Kier alpha value is -2.01. The number of rotatable bonds is 6. The SMILES string of the molecule is CCCN(CCC)C1=CC=C(c2ccccc2C#N)CC1. The Balaban J connectivity index is 2.21. The van der Waals surface area contributed by atoms with Crippen molar-refractivity contribution in [3.05, 3.63) is 53.2 Å². The molecule has 0 fully saturated rings. The van der Waals surface area contributed by atoms with E-state index in [9.17, 15) is 5.26 Å². The molecule has 0 spiro atoms. The summed E-state index contributed by atoms with van der Waals surface area (Å²) in [6, 6.07) is 10.2. The van der Waals surface area contributed by atoms with Crippen LogP contribution in [0.3, 0.4) is 0 Å². The van der Waals surface area contributed by atoms with E-state index in [0.717, 1.165) is 37.1 Å². The molecule has 0 radical (unpaired) electrons. The van der Waals surface area contributed by atoms with Gasteiger partial charge in [0.05, 0.1) is 11.6 Å². The van der Waals surface area contributed by atoms with Crippen molar-refractivity contribution in [3.63, 3.8) is 0 Å². The quantitative estimate of drug-likeness (QED) is 0.752. The molecule has 1 aromatic carbocycles. The van der Waals surface area contributed by atoms with Crippen LogP contribution in [0.5, 0.6) is 0 Å². The molecule has 0 heterocycles. The monoisotopic (exact) mass is 280 g/mol. The van der Waals surface area contributed by atoms with E-state index in [4.69, 9.17) is 0 Å². The fourth-order valence-corrected chi connectivity index (χ4v) is 2.91. The summed E-state index contributed by atoms with van der Waals surface area (Å²) in [5.41, 5.74) is 4.59. The van der Waals surface area contributed by atoms with Gasteiger partial charge >= 0.3 is 0 Å². The maximum absolute atomic E-state index is 9.23. The fourth-order valence-electron chi connectivity index (χ4n) is 2.91. The smallest absolute Gasteiger partial charge is 0.0998 e. The van der Waals surface area contributed by atoms with E-state index >= 15 is 0 Å². The van der Waals surface area contributed by atoms with Crippen LogP contribution in [0.4, 0.5) is 0 Å². The van der Waals surface area contributed by atoms with Crippen LogP contribution in [-0.4, -0.2) is 18.0 Å². The van der Waals surface area contributed by atoms with Crippen LogP contribution in [0.1, 0.15) is 50.7 Å². The highest BCUT2D eigenvalue weighted by atomic mass is 15.1. The Bertz CT molecular complexity index is 569. The van der Waals surface area contributed by atoms with E-state index in [1.165, 1.54) is 24.1 Å². The van der Waals surface area contributed by atoms with Gasteiger partial charge in [0.25, 0.3) is 0 Å². The minimum atomic E-state index is 0.777. The molecule has 1 aliphatic carbocycles. The van der Waals surface area contributed by atoms with E-state index < -0.39 is 0 Å². The van der Waals surface area contributed by atoms with Gasteiger partial charge in [-0.1, -0.05) is 38.1 Å². The third kappa shape index (κ3) is 3.76.